The van der Waals surface area contributed by atoms with E-state index in [4.69, 9.17) is 4.74 Å². The summed E-state index contributed by atoms with van der Waals surface area (Å²) in [6, 6.07) is 3.81. The standard InChI is InChI=1S/C16H21N3O2S/c1-12(2)21-10-13-14-9-18(6-4-7-19(14)11-17-13)16(20)15-5-3-8-22-15/h3,5,8,11-12H,4,6-7,9-10H2,1-2H3. The zero-order valence-corrected chi connectivity index (χ0v) is 13.8. The second-order valence-corrected chi connectivity index (χ2v) is 6.70. The van der Waals surface area contributed by atoms with E-state index in [1.54, 1.807) is 0 Å². The highest BCUT2D eigenvalue weighted by atomic mass is 32.1. The van der Waals surface area contributed by atoms with Crippen molar-refractivity contribution >= 4 is 17.2 Å². The van der Waals surface area contributed by atoms with E-state index < -0.39 is 0 Å². The molecule has 0 unspecified atom stereocenters. The average Bonchev–Trinajstić information content (AvgIpc) is 3.10. The van der Waals surface area contributed by atoms with Crippen LogP contribution >= 0.6 is 11.3 Å². The Morgan fingerprint density at radius 1 is 1.45 bits per heavy atom. The summed E-state index contributed by atoms with van der Waals surface area (Å²) >= 11 is 1.49. The molecule has 0 spiro atoms. The molecule has 2 aromatic heterocycles. The lowest BCUT2D eigenvalue weighted by molar-refractivity contribution is 0.0620. The Hall–Kier alpha value is -1.66. The molecule has 6 heteroatoms. The van der Waals surface area contributed by atoms with Crippen LogP contribution in [0.3, 0.4) is 0 Å². The van der Waals surface area contributed by atoms with Crippen LogP contribution in [0.5, 0.6) is 0 Å². The largest absolute Gasteiger partial charge is 0.372 e. The van der Waals surface area contributed by atoms with Crippen molar-refractivity contribution in [2.24, 2.45) is 0 Å². The zero-order chi connectivity index (χ0) is 15.5. The van der Waals surface area contributed by atoms with Gasteiger partial charge in [0, 0.05) is 13.1 Å². The first-order valence-corrected chi connectivity index (χ1v) is 8.50. The fourth-order valence-corrected chi connectivity index (χ4v) is 3.30. The fourth-order valence-electron chi connectivity index (χ4n) is 2.61. The van der Waals surface area contributed by atoms with E-state index in [1.165, 1.54) is 11.3 Å². The first-order valence-electron chi connectivity index (χ1n) is 7.62. The molecule has 3 heterocycles. The summed E-state index contributed by atoms with van der Waals surface area (Å²) in [7, 11) is 0. The Bertz CT molecular complexity index is 634. The molecule has 0 saturated heterocycles. The van der Waals surface area contributed by atoms with Crippen LogP contribution in [0.4, 0.5) is 0 Å². The van der Waals surface area contributed by atoms with Crippen molar-refractivity contribution in [3.8, 4) is 0 Å². The lowest BCUT2D eigenvalue weighted by atomic mass is 10.3. The zero-order valence-electron chi connectivity index (χ0n) is 13.0. The van der Waals surface area contributed by atoms with Gasteiger partial charge in [-0.2, -0.15) is 0 Å². The Kier molecular flexibility index (Phi) is 4.59. The van der Waals surface area contributed by atoms with Gasteiger partial charge in [-0.05, 0) is 31.7 Å². The molecule has 22 heavy (non-hydrogen) atoms. The predicted octanol–water partition coefficient (Wildman–Crippen LogP) is 2.92. The van der Waals surface area contributed by atoms with Crippen molar-refractivity contribution in [1.82, 2.24) is 14.5 Å². The highest BCUT2D eigenvalue weighted by molar-refractivity contribution is 7.12. The van der Waals surface area contributed by atoms with Gasteiger partial charge < -0.3 is 14.2 Å². The van der Waals surface area contributed by atoms with E-state index in [0.29, 0.717) is 13.2 Å². The van der Waals surface area contributed by atoms with E-state index in [1.807, 2.05) is 42.6 Å². The Morgan fingerprint density at radius 3 is 3.05 bits per heavy atom. The van der Waals surface area contributed by atoms with Gasteiger partial charge in [0.05, 0.1) is 41.8 Å². The number of hydrogen-bond donors (Lipinski definition) is 0. The maximum atomic E-state index is 12.6. The highest BCUT2D eigenvalue weighted by Crippen LogP contribution is 2.20. The molecule has 0 aliphatic carbocycles. The Labute approximate surface area is 134 Å². The van der Waals surface area contributed by atoms with Gasteiger partial charge in [0.25, 0.3) is 5.91 Å². The molecule has 1 aliphatic rings. The van der Waals surface area contributed by atoms with Crippen molar-refractivity contribution in [2.75, 3.05) is 6.54 Å². The van der Waals surface area contributed by atoms with Crippen LogP contribution in [0.25, 0.3) is 0 Å². The van der Waals surface area contributed by atoms with E-state index in [9.17, 15) is 4.79 Å². The molecular formula is C16H21N3O2S. The molecular weight excluding hydrogens is 298 g/mol. The minimum absolute atomic E-state index is 0.111. The van der Waals surface area contributed by atoms with Crippen LogP contribution in [0.1, 0.15) is 41.3 Å². The molecule has 3 rings (SSSR count). The van der Waals surface area contributed by atoms with Crippen LogP contribution < -0.4 is 0 Å². The minimum Gasteiger partial charge on any atom is -0.372 e. The van der Waals surface area contributed by atoms with Crippen molar-refractivity contribution in [1.29, 1.82) is 0 Å². The van der Waals surface area contributed by atoms with E-state index in [-0.39, 0.29) is 12.0 Å². The van der Waals surface area contributed by atoms with Crippen molar-refractivity contribution < 1.29 is 9.53 Å². The Morgan fingerprint density at radius 2 is 2.32 bits per heavy atom. The summed E-state index contributed by atoms with van der Waals surface area (Å²) in [5.74, 6) is 0.111. The third-order valence-corrected chi connectivity index (χ3v) is 4.63. The Balaban J connectivity index is 1.79. The van der Waals surface area contributed by atoms with Crippen molar-refractivity contribution in [3.63, 3.8) is 0 Å². The molecule has 0 atom stereocenters. The van der Waals surface area contributed by atoms with E-state index in [2.05, 4.69) is 9.55 Å². The molecule has 1 aliphatic heterocycles. The van der Waals surface area contributed by atoms with Gasteiger partial charge in [0.2, 0.25) is 0 Å². The van der Waals surface area contributed by atoms with Gasteiger partial charge in [-0.3, -0.25) is 4.79 Å². The smallest absolute Gasteiger partial charge is 0.264 e. The van der Waals surface area contributed by atoms with Crippen molar-refractivity contribution in [3.05, 3.63) is 40.1 Å². The maximum absolute atomic E-state index is 12.6. The molecule has 0 saturated carbocycles. The number of hydrogen-bond acceptors (Lipinski definition) is 4. The lowest BCUT2D eigenvalue weighted by Gasteiger charge is -2.20. The number of ether oxygens (including phenoxy) is 1. The number of aromatic nitrogens is 2. The van der Waals surface area contributed by atoms with Crippen molar-refractivity contribution in [2.45, 2.75) is 46.1 Å². The molecule has 0 bridgehead atoms. The third kappa shape index (κ3) is 3.23. The number of carbonyl (C=O) groups is 1. The SMILES string of the molecule is CC(C)OCc1ncn2c1CN(C(=O)c1cccs1)CCC2. The van der Waals surface area contributed by atoms with E-state index >= 15 is 0 Å². The molecule has 0 radical (unpaired) electrons. The molecule has 1 amide bonds. The number of rotatable bonds is 4. The summed E-state index contributed by atoms with van der Waals surface area (Å²) in [5.41, 5.74) is 2.04. The van der Waals surface area contributed by atoms with Crippen LogP contribution in [-0.2, 0) is 24.4 Å². The van der Waals surface area contributed by atoms with E-state index in [0.717, 1.165) is 35.8 Å². The second-order valence-electron chi connectivity index (χ2n) is 5.75. The molecule has 2 aromatic rings. The number of thiophene rings is 1. The maximum Gasteiger partial charge on any atom is 0.264 e. The molecule has 0 fully saturated rings. The number of amides is 1. The summed E-state index contributed by atoms with van der Waals surface area (Å²) in [4.78, 5) is 19.8. The average molecular weight is 319 g/mol. The van der Waals surface area contributed by atoms with Crippen LogP contribution in [-0.4, -0.2) is 33.0 Å². The summed E-state index contributed by atoms with van der Waals surface area (Å²) in [5, 5.41) is 1.94. The van der Waals surface area contributed by atoms with Gasteiger partial charge in [-0.1, -0.05) is 6.07 Å². The van der Waals surface area contributed by atoms with Crippen LogP contribution in [0.2, 0.25) is 0 Å². The van der Waals surface area contributed by atoms with Gasteiger partial charge in [0.1, 0.15) is 0 Å². The summed E-state index contributed by atoms with van der Waals surface area (Å²) in [6.07, 6.45) is 2.99. The third-order valence-electron chi connectivity index (χ3n) is 3.77. The second kappa shape index (κ2) is 6.62. The quantitative estimate of drug-likeness (QED) is 0.870. The monoisotopic (exact) mass is 319 g/mol. The number of fused-ring (bicyclic) bond motifs is 1. The first kappa shape index (κ1) is 15.2. The van der Waals surface area contributed by atoms with Gasteiger partial charge in [0.15, 0.2) is 0 Å². The molecule has 0 aromatic carbocycles. The fraction of sp³-hybridized carbons (Fsp3) is 0.500. The van der Waals surface area contributed by atoms with Gasteiger partial charge >= 0.3 is 0 Å². The van der Waals surface area contributed by atoms with Crippen LogP contribution in [0.15, 0.2) is 23.8 Å². The molecule has 118 valence electrons. The number of carbonyl (C=O) groups excluding carboxylic acids is 1. The summed E-state index contributed by atoms with van der Waals surface area (Å²) < 4.78 is 7.84. The number of aryl methyl sites for hydroxylation is 1. The summed E-state index contributed by atoms with van der Waals surface area (Å²) in [6.45, 7) is 6.82. The lowest BCUT2D eigenvalue weighted by Crippen LogP contribution is -2.30. The van der Waals surface area contributed by atoms with Gasteiger partial charge in [-0.25, -0.2) is 4.98 Å². The topological polar surface area (TPSA) is 47.4 Å². The van der Waals surface area contributed by atoms with Crippen LogP contribution in [0, 0.1) is 0 Å². The molecule has 0 N–H and O–H groups in total. The predicted molar refractivity (Wildman–Crippen MR) is 85.8 cm³/mol. The first-order chi connectivity index (χ1) is 10.6. The normalized spacial score (nSPS) is 15.0. The van der Waals surface area contributed by atoms with Gasteiger partial charge in [-0.15, -0.1) is 11.3 Å². The number of nitrogens with zero attached hydrogens (tertiary/aromatic N) is 3. The molecule has 5 nitrogen and oxygen atoms in total. The number of imidazole rings is 1. The highest BCUT2D eigenvalue weighted by Gasteiger charge is 2.23. The minimum atomic E-state index is 0.111.